The van der Waals surface area contributed by atoms with Gasteiger partial charge in [0.2, 0.25) is 0 Å². The van der Waals surface area contributed by atoms with Gasteiger partial charge in [0.15, 0.2) is 0 Å². The molecule has 0 atom stereocenters. The molecule has 30 heavy (non-hydrogen) atoms. The van der Waals surface area contributed by atoms with Crippen molar-refractivity contribution in [1.82, 2.24) is 0 Å². The molecule has 0 aliphatic rings. The molecule has 4 aromatic rings. The van der Waals surface area contributed by atoms with Crippen molar-refractivity contribution in [3.63, 3.8) is 0 Å². The van der Waals surface area contributed by atoms with Gasteiger partial charge in [0.05, 0.1) is 0 Å². The Morgan fingerprint density at radius 1 is 0.600 bits per heavy atom. The van der Waals surface area contributed by atoms with E-state index in [4.69, 9.17) is 0 Å². The van der Waals surface area contributed by atoms with Crippen molar-refractivity contribution < 1.29 is 25.8 Å². The summed E-state index contributed by atoms with van der Waals surface area (Å²) >= 11 is 0. The maximum atomic E-state index is 2.28. The van der Waals surface area contributed by atoms with Gasteiger partial charge in [-0.3, -0.25) is 0 Å². The van der Waals surface area contributed by atoms with E-state index in [1.54, 1.807) is 0 Å². The van der Waals surface area contributed by atoms with Crippen molar-refractivity contribution in [2.45, 2.75) is 53.4 Å². The van der Waals surface area contributed by atoms with Gasteiger partial charge >= 0.3 is 25.8 Å². The zero-order valence-electron chi connectivity index (χ0n) is 19.9. The number of hydrogen-bond donors (Lipinski definition) is 0. The van der Waals surface area contributed by atoms with Gasteiger partial charge in [-0.05, 0) is 0 Å². The molecule has 0 bridgehead atoms. The van der Waals surface area contributed by atoms with Crippen molar-refractivity contribution >= 4 is 32.5 Å². The molecule has 0 nitrogen and oxygen atoms in total. The van der Waals surface area contributed by atoms with E-state index in [1.165, 1.54) is 43.8 Å². The van der Waals surface area contributed by atoms with Crippen LogP contribution in [-0.4, -0.2) is 11.0 Å². The van der Waals surface area contributed by atoms with Crippen molar-refractivity contribution in [3.8, 4) is 0 Å². The van der Waals surface area contributed by atoms with Crippen LogP contribution in [0.3, 0.4) is 0 Å². The van der Waals surface area contributed by atoms with E-state index in [2.05, 4.69) is 102 Å². The first-order valence-electron chi connectivity index (χ1n) is 9.70. The first kappa shape index (κ1) is 30.9. The van der Waals surface area contributed by atoms with Crippen LogP contribution < -0.4 is 0 Å². The van der Waals surface area contributed by atoms with E-state index in [1.807, 2.05) is 0 Å². The Kier molecular flexibility index (Phi) is 13.6. The van der Waals surface area contributed by atoms with Crippen LogP contribution in [0.25, 0.3) is 21.5 Å². The Balaban J connectivity index is 0. The SMILES string of the molecule is Cc1[cH-]c2ccccc2c1C(C)C.Cc1[cH-]c2ccccc2c1C(C)C.[CH3-].[CH3-].[Hf+4].[Si]. The Labute approximate surface area is 208 Å². The van der Waals surface area contributed by atoms with E-state index in [0.717, 1.165) is 0 Å². The van der Waals surface area contributed by atoms with Gasteiger partial charge < -0.3 is 14.9 Å². The van der Waals surface area contributed by atoms with Crippen LogP contribution in [0.15, 0.2) is 60.7 Å². The molecule has 0 N–H and O–H groups in total. The van der Waals surface area contributed by atoms with E-state index >= 15 is 0 Å². The number of rotatable bonds is 2. The number of fused-ring (bicyclic) bond motifs is 2. The van der Waals surface area contributed by atoms with Crippen LogP contribution in [0, 0.1) is 28.7 Å². The fourth-order valence-corrected chi connectivity index (χ4v) is 4.32. The topological polar surface area (TPSA) is 0 Å². The molecule has 0 heterocycles. The molecule has 0 saturated heterocycles. The molecule has 0 aliphatic carbocycles. The average molecular weight is 579 g/mol. The maximum Gasteiger partial charge on any atom is 4.00 e. The van der Waals surface area contributed by atoms with E-state index in [0.29, 0.717) is 11.8 Å². The molecular formula is C28H36HfSi. The van der Waals surface area contributed by atoms with E-state index < -0.39 is 0 Å². The molecular weight excluding hydrogens is 543 g/mol. The summed E-state index contributed by atoms with van der Waals surface area (Å²) in [7, 11) is 0. The molecule has 0 unspecified atom stereocenters. The number of aryl methyl sites for hydroxylation is 2. The molecule has 4 aromatic carbocycles. The minimum atomic E-state index is 0. The number of hydrogen-bond acceptors (Lipinski definition) is 0. The van der Waals surface area contributed by atoms with E-state index in [9.17, 15) is 0 Å². The Morgan fingerprint density at radius 2 is 0.900 bits per heavy atom. The summed E-state index contributed by atoms with van der Waals surface area (Å²) in [6.45, 7) is 13.4. The Morgan fingerprint density at radius 3 is 1.20 bits per heavy atom. The zero-order valence-corrected chi connectivity index (χ0v) is 24.5. The second-order valence-corrected chi connectivity index (χ2v) is 7.97. The summed E-state index contributed by atoms with van der Waals surface area (Å²) in [4.78, 5) is 0. The van der Waals surface area contributed by atoms with Gasteiger partial charge in [0.25, 0.3) is 0 Å². The Bertz CT molecular complexity index is 934. The monoisotopic (exact) mass is 580 g/mol. The molecule has 4 rings (SSSR count). The van der Waals surface area contributed by atoms with Crippen molar-refractivity contribution in [3.05, 3.63) is 97.8 Å². The third-order valence-electron chi connectivity index (χ3n) is 5.25. The fourth-order valence-electron chi connectivity index (χ4n) is 4.32. The first-order chi connectivity index (χ1) is 12.4. The van der Waals surface area contributed by atoms with E-state index in [-0.39, 0.29) is 51.7 Å². The predicted molar refractivity (Wildman–Crippen MR) is 135 cm³/mol. The summed E-state index contributed by atoms with van der Waals surface area (Å²) in [6, 6.07) is 21.8. The smallest absolute Gasteiger partial charge is 0.358 e. The van der Waals surface area contributed by atoms with Gasteiger partial charge in [0.1, 0.15) is 0 Å². The predicted octanol–water partition coefficient (Wildman–Crippen LogP) is 8.50. The molecule has 4 radical (unpaired) electrons. The van der Waals surface area contributed by atoms with Gasteiger partial charge in [-0.15, -0.1) is 92.3 Å². The molecule has 156 valence electrons. The van der Waals surface area contributed by atoms with Crippen molar-refractivity contribution in [2.24, 2.45) is 0 Å². The van der Waals surface area contributed by atoms with Crippen LogP contribution in [0.2, 0.25) is 0 Å². The molecule has 0 saturated carbocycles. The normalized spacial score (nSPS) is 9.87. The van der Waals surface area contributed by atoms with Crippen LogP contribution in [0.1, 0.15) is 61.8 Å². The Hall–Kier alpha value is -1.25. The first-order valence-corrected chi connectivity index (χ1v) is 9.70. The minimum absolute atomic E-state index is 0. The minimum Gasteiger partial charge on any atom is -0.358 e. The molecule has 0 spiro atoms. The van der Waals surface area contributed by atoms with Crippen LogP contribution in [-0.2, 0) is 25.8 Å². The second kappa shape index (κ2) is 13.2. The summed E-state index contributed by atoms with van der Waals surface area (Å²) < 4.78 is 0. The third-order valence-corrected chi connectivity index (χ3v) is 5.25. The summed E-state index contributed by atoms with van der Waals surface area (Å²) in [6.07, 6.45) is 0. The van der Waals surface area contributed by atoms with Crippen molar-refractivity contribution in [2.75, 3.05) is 0 Å². The summed E-state index contributed by atoms with van der Waals surface area (Å²) in [5.74, 6) is 1.25. The zero-order chi connectivity index (χ0) is 18.8. The fraction of sp³-hybridized carbons (Fsp3) is 0.286. The molecule has 0 aliphatic heterocycles. The quantitative estimate of drug-likeness (QED) is 0.165. The summed E-state index contributed by atoms with van der Waals surface area (Å²) in [5, 5.41) is 5.61. The largest absolute Gasteiger partial charge is 4.00 e. The van der Waals surface area contributed by atoms with Gasteiger partial charge in [-0.25, -0.2) is 0 Å². The van der Waals surface area contributed by atoms with Crippen LogP contribution in [0.4, 0.5) is 0 Å². The van der Waals surface area contributed by atoms with Crippen LogP contribution >= 0.6 is 0 Å². The number of benzene rings is 2. The van der Waals surface area contributed by atoms with Gasteiger partial charge in [-0.2, -0.15) is 0 Å². The summed E-state index contributed by atoms with van der Waals surface area (Å²) in [5.41, 5.74) is 5.87. The van der Waals surface area contributed by atoms with Crippen LogP contribution in [0.5, 0.6) is 0 Å². The molecule has 2 heteroatoms. The van der Waals surface area contributed by atoms with Gasteiger partial charge in [0, 0.05) is 11.0 Å². The average Bonchev–Trinajstić information content (AvgIpc) is 3.10. The third kappa shape index (κ3) is 6.37. The molecule has 0 amide bonds. The molecule has 0 aromatic heterocycles. The van der Waals surface area contributed by atoms with Gasteiger partial charge in [-0.1, -0.05) is 65.5 Å². The standard InChI is InChI=1S/2C13H15.2CH3.Hf.Si/c2*1-9(2)13-10(3)8-11-6-4-5-7-12(11)13;;;;/h2*4-9H,1-3H3;2*1H3;;/q4*-1;+4;. The molecule has 0 fully saturated rings. The van der Waals surface area contributed by atoms with Crippen molar-refractivity contribution in [1.29, 1.82) is 0 Å². The second-order valence-electron chi connectivity index (χ2n) is 7.97. The maximum absolute atomic E-state index is 2.28.